The average molecular weight is 294 g/mol. The van der Waals surface area contributed by atoms with E-state index < -0.39 is 6.10 Å². The summed E-state index contributed by atoms with van der Waals surface area (Å²) in [5.41, 5.74) is 1.63. The highest BCUT2D eigenvalue weighted by molar-refractivity contribution is 5.26. The van der Waals surface area contributed by atoms with Crippen LogP contribution in [0.2, 0.25) is 0 Å². The van der Waals surface area contributed by atoms with Crippen LogP contribution < -0.4 is 10.1 Å². The van der Waals surface area contributed by atoms with E-state index in [1.807, 2.05) is 31.2 Å². The van der Waals surface area contributed by atoms with E-state index in [0.717, 1.165) is 12.2 Å². The number of nitrogens with two attached hydrogens (primary N) is 1. The highest BCUT2D eigenvalue weighted by Crippen LogP contribution is 2.24. The molecule has 0 bridgehead atoms. The lowest BCUT2D eigenvalue weighted by Crippen LogP contribution is -2.97. The number of aryl methyl sites for hydroxylation is 1. The lowest BCUT2D eigenvalue weighted by molar-refractivity contribution is -0.727. The highest BCUT2D eigenvalue weighted by Gasteiger charge is 2.28. The van der Waals surface area contributed by atoms with Gasteiger partial charge in [-0.3, -0.25) is 0 Å². The quantitative estimate of drug-likeness (QED) is 0.811. The molecule has 3 N–H and O–H groups in total. The zero-order valence-electron chi connectivity index (χ0n) is 14.4. The van der Waals surface area contributed by atoms with E-state index in [1.54, 1.807) is 0 Å². The molecule has 120 valence electrons. The van der Waals surface area contributed by atoms with E-state index in [0.29, 0.717) is 18.6 Å². The maximum atomic E-state index is 10.1. The van der Waals surface area contributed by atoms with Gasteiger partial charge in [-0.15, -0.1) is 0 Å². The molecule has 1 aromatic carbocycles. The molecule has 1 atom stereocenters. The second-order valence-electron chi connectivity index (χ2n) is 7.94. The van der Waals surface area contributed by atoms with E-state index in [-0.39, 0.29) is 5.54 Å². The van der Waals surface area contributed by atoms with Crippen LogP contribution in [-0.4, -0.2) is 29.9 Å². The van der Waals surface area contributed by atoms with Crippen LogP contribution in [0, 0.1) is 12.3 Å². The summed E-state index contributed by atoms with van der Waals surface area (Å²) in [5.74, 6) is 0.814. The van der Waals surface area contributed by atoms with Crippen molar-refractivity contribution in [3.05, 3.63) is 29.8 Å². The topological polar surface area (TPSA) is 46.1 Å². The summed E-state index contributed by atoms with van der Waals surface area (Å²) < 4.78 is 5.62. The van der Waals surface area contributed by atoms with E-state index in [2.05, 4.69) is 39.9 Å². The Morgan fingerprint density at radius 1 is 1.10 bits per heavy atom. The fourth-order valence-electron chi connectivity index (χ4n) is 2.79. The van der Waals surface area contributed by atoms with E-state index in [1.165, 1.54) is 5.56 Å². The van der Waals surface area contributed by atoms with Crippen molar-refractivity contribution in [3.63, 3.8) is 0 Å². The Hall–Kier alpha value is -1.06. The Balaban J connectivity index is 2.33. The molecule has 1 aromatic rings. The standard InChI is InChI=1S/C18H31NO2/c1-14-7-9-16(10-8-14)21-12-15(20)11-19-18(5,6)13-17(2,3)4/h7-10,15,19-20H,11-13H2,1-6H3/p+1/t15-/m0/s1. The Bertz CT molecular complexity index is 418. The Morgan fingerprint density at radius 2 is 1.67 bits per heavy atom. The van der Waals surface area contributed by atoms with Crippen molar-refractivity contribution in [2.24, 2.45) is 5.41 Å². The van der Waals surface area contributed by atoms with Gasteiger partial charge in [0.05, 0.1) is 5.54 Å². The van der Waals surface area contributed by atoms with Gasteiger partial charge < -0.3 is 15.2 Å². The molecule has 0 aliphatic carbocycles. The van der Waals surface area contributed by atoms with Crippen LogP contribution in [0.1, 0.15) is 46.6 Å². The van der Waals surface area contributed by atoms with Crippen LogP contribution in [0.3, 0.4) is 0 Å². The maximum absolute atomic E-state index is 10.1. The Morgan fingerprint density at radius 3 is 2.19 bits per heavy atom. The number of ether oxygens (including phenoxy) is 1. The fraction of sp³-hybridized carbons (Fsp3) is 0.667. The second-order valence-corrected chi connectivity index (χ2v) is 7.94. The van der Waals surface area contributed by atoms with Crippen LogP contribution in [-0.2, 0) is 0 Å². The van der Waals surface area contributed by atoms with Gasteiger partial charge in [0.25, 0.3) is 0 Å². The molecule has 0 aromatic heterocycles. The van der Waals surface area contributed by atoms with Crippen molar-refractivity contribution in [1.29, 1.82) is 0 Å². The largest absolute Gasteiger partial charge is 0.491 e. The molecular formula is C18H32NO2+. The van der Waals surface area contributed by atoms with Gasteiger partial charge in [0, 0.05) is 6.42 Å². The molecule has 21 heavy (non-hydrogen) atoms. The molecule has 0 radical (unpaired) electrons. The number of aliphatic hydroxyl groups excluding tert-OH is 1. The lowest BCUT2D eigenvalue weighted by atomic mass is 9.82. The molecule has 1 rings (SSSR count). The van der Waals surface area contributed by atoms with Crippen molar-refractivity contribution in [2.75, 3.05) is 13.2 Å². The van der Waals surface area contributed by atoms with Gasteiger partial charge in [-0.25, -0.2) is 0 Å². The van der Waals surface area contributed by atoms with Gasteiger partial charge in [0.2, 0.25) is 0 Å². The molecule has 0 unspecified atom stereocenters. The van der Waals surface area contributed by atoms with E-state index in [4.69, 9.17) is 4.74 Å². The average Bonchev–Trinajstić information content (AvgIpc) is 2.33. The minimum absolute atomic E-state index is 0.128. The molecule has 0 aliphatic heterocycles. The van der Waals surface area contributed by atoms with E-state index >= 15 is 0 Å². The summed E-state index contributed by atoms with van der Waals surface area (Å²) in [7, 11) is 0. The Labute approximate surface area is 129 Å². The number of hydrogen-bond donors (Lipinski definition) is 2. The molecule has 3 heteroatoms. The number of rotatable bonds is 7. The van der Waals surface area contributed by atoms with Crippen LogP contribution in [0.15, 0.2) is 24.3 Å². The number of benzene rings is 1. The van der Waals surface area contributed by atoms with Crippen molar-refractivity contribution < 1.29 is 15.2 Å². The fourth-order valence-corrected chi connectivity index (χ4v) is 2.79. The van der Waals surface area contributed by atoms with Gasteiger partial charge >= 0.3 is 0 Å². The molecule has 0 saturated carbocycles. The smallest absolute Gasteiger partial charge is 0.137 e. The molecule has 0 heterocycles. The third-order valence-electron chi connectivity index (χ3n) is 3.39. The summed E-state index contributed by atoms with van der Waals surface area (Å²) in [6.07, 6.45) is 0.650. The third-order valence-corrected chi connectivity index (χ3v) is 3.39. The zero-order chi connectivity index (χ0) is 16.1. The first-order valence-electron chi connectivity index (χ1n) is 7.79. The first kappa shape index (κ1) is 18.0. The molecular weight excluding hydrogens is 262 g/mol. The van der Waals surface area contributed by atoms with Gasteiger partial charge in [-0.2, -0.15) is 0 Å². The number of aliphatic hydroxyl groups is 1. The van der Waals surface area contributed by atoms with Gasteiger partial charge in [-0.1, -0.05) is 38.5 Å². The summed E-state index contributed by atoms with van der Waals surface area (Å²) in [6, 6.07) is 7.91. The summed E-state index contributed by atoms with van der Waals surface area (Å²) >= 11 is 0. The van der Waals surface area contributed by atoms with Crippen LogP contribution >= 0.6 is 0 Å². The van der Waals surface area contributed by atoms with Crippen molar-refractivity contribution in [1.82, 2.24) is 0 Å². The number of quaternary nitrogens is 1. The zero-order valence-corrected chi connectivity index (χ0v) is 14.4. The van der Waals surface area contributed by atoms with Crippen LogP contribution in [0.4, 0.5) is 0 Å². The maximum Gasteiger partial charge on any atom is 0.137 e. The minimum atomic E-state index is -0.453. The van der Waals surface area contributed by atoms with E-state index in [9.17, 15) is 5.11 Å². The van der Waals surface area contributed by atoms with Gasteiger partial charge in [0.15, 0.2) is 0 Å². The third kappa shape index (κ3) is 8.08. The SMILES string of the molecule is Cc1ccc(OC[C@@H](O)C[NH2+]C(C)(C)CC(C)(C)C)cc1. The van der Waals surface area contributed by atoms with Gasteiger partial charge in [0.1, 0.15) is 25.0 Å². The van der Waals surface area contributed by atoms with Crippen LogP contribution in [0.25, 0.3) is 0 Å². The normalized spacial score (nSPS) is 14.0. The molecule has 0 aliphatic rings. The molecule has 0 amide bonds. The second kappa shape index (κ2) is 7.28. The van der Waals surface area contributed by atoms with Crippen molar-refractivity contribution >= 4 is 0 Å². The lowest BCUT2D eigenvalue weighted by Gasteiger charge is -2.31. The first-order chi connectivity index (χ1) is 9.57. The van der Waals surface area contributed by atoms with Gasteiger partial charge in [-0.05, 0) is 38.3 Å². The Kier molecular flexibility index (Phi) is 6.24. The molecule has 0 spiro atoms. The summed E-state index contributed by atoms with van der Waals surface area (Å²) in [6.45, 7) is 14.3. The summed E-state index contributed by atoms with van der Waals surface area (Å²) in [5, 5.41) is 12.3. The molecule has 0 fully saturated rings. The van der Waals surface area contributed by atoms with Crippen molar-refractivity contribution in [2.45, 2.75) is 59.6 Å². The molecule has 3 nitrogen and oxygen atoms in total. The first-order valence-corrected chi connectivity index (χ1v) is 7.79. The summed E-state index contributed by atoms with van der Waals surface area (Å²) in [4.78, 5) is 0. The predicted molar refractivity (Wildman–Crippen MR) is 87.6 cm³/mol. The molecule has 0 saturated heterocycles. The monoisotopic (exact) mass is 294 g/mol. The minimum Gasteiger partial charge on any atom is -0.491 e. The van der Waals surface area contributed by atoms with Crippen molar-refractivity contribution in [3.8, 4) is 5.75 Å². The predicted octanol–water partition coefficient (Wildman–Crippen LogP) is 2.51. The highest BCUT2D eigenvalue weighted by atomic mass is 16.5. The number of hydrogen-bond acceptors (Lipinski definition) is 2. The van der Waals surface area contributed by atoms with Crippen LogP contribution in [0.5, 0.6) is 5.75 Å².